The van der Waals surface area contributed by atoms with Gasteiger partial charge in [-0.2, -0.15) is 0 Å². The van der Waals surface area contributed by atoms with Crippen molar-refractivity contribution >= 4 is 11.7 Å². The smallest absolute Gasteiger partial charge is 0.240 e. The molecule has 2 fully saturated rings. The Balaban J connectivity index is 1.95. The summed E-state index contributed by atoms with van der Waals surface area (Å²) in [4.78, 5) is 24.0. The summed E-state index contributed by atoms with van der Waals surface area (Å²) in [6.45, 7) is 5.99. The molecule has 0 aromatic heterocycles. The fourth-order valence-electron chi connectivity index (χ4n) is 2.39. The van der Waals surface area contributed by atoms with Crippen LogP contribution in [0.25, 0.3) is 0 Å². The topological polar surface area (TPSA) is 70.2 Å². The number of nitrogens with one attached hydrogen (secondary N) is 3. The predicted molar refractivity (Wildman–Crippen MR) is 64.6 cm³/mol. The molecule has 0 bridgehead atoms. The van der Waals surface area contributed by atoms with Crippen LogP contribution in [0.4, 0.5) is 0 Å². The number of amides is 1. The molecule has 17 heavy (non-hydrogen) atoms. The molecule has 0 aromatic rings. The van der Waals surface area contributed by atoms with E-state index in [-0.39, 0.29) is 23.7 Å². The predicted octanol–water partition coefficient (Wildman–Crippen LogP) is -0.578. The lowest BCUT2D eigenvalue weighted by atomic mass is 9.87. The Kier molecular flexibility index (Phi) is 3.49. The van der Waals surface area contributed by atoms with Crippen LogP contribution in [0.1, 0.15) is 26.7 Å². The van der Waals surface area contributed by atoms with E-state index in [1.807, 2.05) is 13.8 Å². The SMILES string of the molecule is CC1(C)NCC(C(=O)C2CCNCC2)NC1=O. The summed E-state index contributed by atoms with van der Waals surface area (Å²) in [5.74, 6) is 0.198. The number of hydrogen-bond acceptors (Lipinski definition) is 4. The third kappa shape index (κ3) is 2.66. The summed E-state index contributed by atoms with van der Waals surface area (Å²) >= 11 is 0. The number of piperazine rings is 1. The Labute approximate surface area is 102 Å². The van der Waals surface area contributed by atoms with Crippen LogP contribution in [0.15, 0.2) is 0 Å². The lowest BCUT2D eigenvalue weighted by Gasteiger charge is -2.36. The molecular weight excluding hydrogens is 218 g/mol. The van der Waals surface area contributed by atoms with Gasteiger partial charge >= 0.3 is 0 Å². The number of Topliss-reactive ketones (excluding diaryl/α,β-unsaturated/α-hetero) is 1. The van der Waals surface area contributed by atoms with Gasteiger partial charge in [-0.3, -0.25) is 9.59 Å². The van der Waals surface area contributed by atoms with E-state index in [4.69, 9.17) is 0 Å². The van der Waals surface area contributed by atoms with Gasteiger partial charge in [0.2, 0.25) is 5.91 Å². The second-order valence-electron chi connectivity index (χ2n) is 5.46. The van der Waals surface area contributed by atoms with E-state index in [1.54, 1.807) is 0 Å². The lowest BCUT2D eigenvalue weighted by molar-refractivity contribution is -0.135. The van der Waals surface area contributed by atoms with E-state index in [2.05, 4.69) is 16.0 Å². The second-order valence-corrected chi connectivity index (χ2v) is 5.46. The number of piperidine rings is 1. The first kappa shape index (κ1) is 12.5. The van der Waals surface area contributed by atoms with Crippen LogP contribution in [-0.4, -0.2) is 42.9 Å². The highest BCUT2D eigenvalue weighted by Crippen LogP contribution is 2.17. The maximum absolute atomic E-state index is 12.2. The van der Waals surface area contributed by atoms with Gasteiger partial charge in [0.1, 0.15) is 6.04 Å². The van der Waals surface area contributed by atoms with Gasteiger partial charge in [-0.1, -0.05) is 0 Å². The van der Waals surface area contributed by atoms with Gasteiger partial charge in [0.25, 0.3) is 0 Å². The zero-order chi connectivity index (χ0) is 12.5. The monoisotopic (exact) mass is 239 g/mol. The number of hydrogen-bond donors (Lipinski definition) is 3. The van der Waals surface area contributed by atoms with Crippen molar-refractivity contribution in [3.05, 3.63) is 0 Å². The van der Waals surface area contributed by atoms with Gasteiger partial charge in [-0.15, -0.1) is 0 Å². The summed E-state index contributed by atoms with van der Waals surface area (Å²) in [6.07, 6.45) is 1.77. The molecule has 2 aliphatic rings. The summed E-state index contributed by atoms with van der Waals surface area (Å²) in [5, 5.41) is 9.20. The third-order valence-electron chi connectivity index (χ3n) is 3.71. The van der Waals surface area contributed by atoms with Crippen molar-refractivity contribution in [2.75, 3.05) is 19.6 Å². The maximum atomic E-state index is 12.2. The van der Waals surface area contributed by atoms with Crippen molar-refractivity contribution in [1.82, 2.24) is 16.0 Å². The summed E-state index contributed by atoms with van der Waals surface area (Å²) in [7, 11) is 0. The maximum Gasteiger partial charge on any atom is 0.240 e. The minimum Gasteiger partial charge on any atom is -0.343 e. The van der Waals surface area contributed by atoms with E-state index in [9.17, 15) is 9.59 Å². The molecule has 1 unspecified atom stereocenters. The molecule has 2 heterocycles. The van der Waals surface area contributed by atoms with Crippen molar-refractivity contribution in [2.24, 2.45) is 5.92 Å². The zero-order valence-electron chi connectivity index (χ0n) is 10.5. The van der Waals surface area contributed by atoms with Crippen LogP contribution in [0, 0.1) is 5.92 Å². The molecule has 2 rings (SSSR count). The molecule has 2 saturated heterocycles. The Bertz CT molecular complexity index is 322. The number of ketones is 1. The lowest BCUT2D eigenvalue weighted by Crippen LogP contribution is -2.66. The van der Waals surface area contributed by atoms with E-state index in [0.29, 0.717) is 6.54 Å². The molecular formula is C12H21N3O2. The van der Waals surface area contributed by atoms with E-state index >= 15 is 0 Å². The molecule has 0 aromatic carbocycles. The summed E-state index contributed by atoms with van der Waals surface area (Å²) < 4.78 is 0. The van der Waals surface area contributed by atoms with E-state index < -0.39 is 5.54 Å². The Hall–Kier alpha value is -0.940. The van der Waals surface area contributed by atoms with Gasteiger partial charge in [0, 0.05) is 12.5 Å². The van der Waals surface area contributed by atoms with E-state index in [1.165, 1.54) is 0 Å². The first-order chi connectivity index (χ1) is 8.00. The zero-order valence-corrected chi connectivity index (χ0v) is 10.5. The highest BCUT2D eigenvalue weighted by atomic mass is 16.2. The minimum absolute atomic E-state index is 0.0870. The molecule has 1 amide bonds. The highest BCUT2D eigenvalue weighted by Gasteiger charge is 2.38. The average Bonchev–Trinajstić information content (AvgIpc) is 2.33. The van der Waals surface area contributed by atoms with Gasteiger partial charge in [-0.05, 0) is 39.8 Å². The molecule has 0 aliphatic carbocycles. The first-order valence-corrected chi connectivity index (χ1v) is 6.31. The molecule has 2 aliphatic heterocycles. The van der Waals surface area contributed by atoms with Gasteiger partial charge < -0.3 is 16.0 Å². The molecule has 96 valence electrons. The van der Waals surface area contributed by atoms with Crippen molar-refractivity contribution in [3.8, 4) is 0 Å². The van der Waals surface area contributed by atoms with Crippen LogP contribution in [0.3, 0.4) is 0 Å². The van der Waals surface area contributed by atoms with Crippen molar-refractivity contribution in [1.29, 1.82) is 0 Å². The van der Waals surface area contributed by atoms with Crippen molar-refractivity contribution in [3.63, 3.8) is 0 Å². The van der Waals surface area contributed by atoms with Crippen LogP contribution in [0.5, 0.6) is 0 Å². The fourth-order valence-corrected chi connectivity index (χ4v) is 2.39. The minimum atomic E-state index is -0.565. The largest absolute Gasteiger partial charge is 0.343 e. The van der Waals surface area contributed by atoms with Crippen molar-refractivity contribution in [2.45, 2.75) is 38.3 Å². The molecule has 0 saturated carbocycles. The summed E-state index contributed by atoms with van der Waals surface area (Å²) in [5.41, 5.74) is -0.565. The van der Waals surface area contributed by atoms with Gasteiger partial charge in [-0.25, -0.2) is 0 Å². The van der Waals surface area contributed by atoms with Crippen molar-refractivity contribution < 1.29 is 9.59 Å². The molecule has 1 atom stereocenters. The molecule has 0 radical (unpaired) electrons. The standard InChI is InChI=1S/C12H21N3O2/c1-12(2)11(17)15-9(7-14-12)10(16)8-3-5-13-6-4-8/h8-9,13-14H,3-7H2,1-2H3,(H,15,17). The highest BCUT2D eigenvalue weighted by molar-refractivity contribution is 5.95. The Morgan fingerprint density at radius 1 is 1.29 bits per heavy atom. The fraction of sp³-hybridized carbons (Fsp3) is 0.833. The number of rotatable bonds is 2. The van der Waals surface area contributed by atoms with Crippen LogP contribution in [-0.2, 0) is 9.59 Å². The van der Waals surface area contributed by atoms with E-state index in [0.717, 1.165) is 25.9 Å². The van der Waals surface area contributed by atoms with Crippen LogP contribution < -0.4 is 16.0 Å². The molecule has 5 nitrogen and oxygen atoms in total. The molecule has 0 spiro atoms. The molecule has 3 N–H and O–H groups in total. The van der Waals surface area contributed by atoms with Crippen LogP contribution >= 0.6 is 0 Å². The normalized spacial score (nSPS) is 29.8. The Morgan fingerprint density at radius 2 is 1.94 bits per heavy atom. The number of carbonyl (C=O) groups is 2. The van der Waals surface area contributed by atoms with Gasteiger partial charge in [0.15, 0.2) is 5.78 Å². The first-order valence-electron chi connectivity index (χ1n) is 6.31. The number of carbonyl (C=O) groups excluding carboxylic acids is 2. The van der Waals surface area contributed by atoms with Crippen LogP contribution in [0.2, 0.25) is 0 Å². The Morgan fingerprint density at radius 3 is 2.53 bits per heavy atom. The quantitative estimate of drug-likeness (QED) is 0.603. The average molecular weight is 239 g/mol. The molecule has 5 heteroatoms. The second kappa shape index (κ2) is 4.74. The summed E-state index contributed by atoms with van der Waals surface area (Å²) in [6, 6.07) is -0.348. The van der Waals surface area contributed by atoms with Gasteiger partial charge in [0.05, 0.1) is 5.54 Å². The third-order valence-corrected chi connectivity index (χ3v) is 3.71.